The molecule has 0 saturated heterocycles. The van der Waals surface area contributed by atoms with Crippen LogP contribution >= 0.6 is 0 Å². The Morgan fingerprint density at radius 2 is 1.50 bits per heavy atom. The predicted octanol–water partition coefficient (Wildman–Crippen LogP) is 4.92. The molecule has 2 aromatic heterocycles. The Kier molecular flexibility index (Phi) is 5.75. The van der Waals surface area contributed by atoms with Crippen LogP contribution in [0.15, 0.2) is 115 Å². The molecule has 0 atom stereocenters. The van der Waals surface area contributed by atoms with Crippen molar-refractivity contribution in [3.8, 4) is 28.6 Å². The number of nitrogens with one attached hydrogen (secondary N) is 1. The first-order valence-electron chi connectivity index (χ1n) is 10.4. The molecule has 34 heavy (non-hydrogen) atoms. The SMILES string of the molecule is O=S(=O)(Nc1ccc(Oc2ccc(-n3ccnc3)nn2)cc1)c1ccc(-c2ccccc2)cc1. The van der Waals surface area contributed by atoms with Gasteiger partial charge < -0.3 is 4.74 Å². The first-order valence-corrected chi connectivity index (χ1v) is 11.8. The fourth-order valence-corrected chi connectivity index (χ4v) is 4.34. The molecule has 0 aliphatic heterocycles. The van der Waals surface area contributed by atoms with Crippen molar-refractivity contribution in [2.24, 2.45) is 0 Å². The number of anilines is 1. The monoisotopic (exact) mass is 469 g/mol. The van der Waals surface area contributed by atoms with Gasteiger partial charge in [-0.05, 0) is 53.6 Å². The molecule has 3 aromatic carbocycles. The van der Waals surface area contributed by atoms with E-state index in [0.717, 1.165) is 11.1 Å². The second-order valence-corrected chi connectivity index (χ2v) is 9.00. The molecular weight excluding hydrogens is 450 g/mol. The molecule has 168 valence electrons. The molecule has 9 heteroatoms. The van der Waals surface area contributed by atoms with Crippen molar-refractivity contribution in [1.29, 1.82) is 0 Å². The summed E-state index contributed by atoms with van der Waals surface area (Å²) in [6.07, 6.45) is 5.05. The summed E-state index contributed by atoms with van der Waals surface area (Å²) in [5.74, 6) is 1.43. The number of ether oxygens (including phenoxy) is 1. The third-order valence-electron chi connectivity index (χ3n) is 5.00. The van der Waals surface area contributed by atoms with Crippen LogP contribution in [0, 0.1) is 0 Å². The third-order valence-corrected chi connectivity index (χ3v) is 6.39. The second kappa shape index (κ2) is 9.16. The highest BCUT2D eigenvalue weighted by Gasteiger charge is 2.14. The van der Waals surface area contributed by atoms with Gasteiger partial charge in [0.05, 0.1) is 4.90 Å². The summed E-state index contributed by atoms with van der Waals surface area (Å²) in [6.45, 7) is 0. The average molecular weight is 470 g/mol. The van der Waals surface area contributed by atoms with E-state index in [1.54, 1.807) is 84.0 Å². The number of imidazole rings is 1. The van der Waals surface area contributed by atoms with Gasteiger partial charge in [0.2, 0.25) is 5.88 Å². The van der Waals surface area contributed by atoms with Crippen LogP contribution in [0.2, 0.25) is 0 Å². The van der Waals surface area contributed by atoms with Gasteiger partial charge in [0, 0.05) is 24.1 Å². The molecular formula is C25H19N5O3S. The first kappa shape index (κ1) is 21.4. The summed E-state index contributed by atoms with van der Waals surface area (Å²) < 4.78 is 35.6. The highest BCUT2D eigenvalue weighted by molar-refractivity contribution is 7.92. The minimum atomic E-state index is -3.73. The van der Waals surface area contributed by atoms with Crippen LogP contribution in [0.4, 0.5) is 5.69 Å². The van der Waals surface area contributed by atoms with Gasteiger partial charge in [-0.25, -0.2) is 13.4 Å². The van der Waals surface area contributed by atoms with Crippen LogP contribution in [0.25, 0.3) is 16.9 Å². The van der Waals surface area contributed by atoms with Crippen molar-refractivity contribution in [3.63, 3.8) is 0 Å². The molecule has 5 aromatic rings. The van der Waals surface area contributed by atoms with Crippen LogP contribution in [-0.2, 0) is 10.0 Å². The molecule has 0 spiro atoms. The number of benzene rings is 3. The summed E-state index contributed by atoms with van der Waals surface area (Å²) in [5, 5.41) is 8.15. The Labute approximate surface area is 196 Å². The Balaban J connectivity index is 1.24. The van der Waals surface area contributed by atoms with Crippen LogP contribution in [-0.4, -0.2) is 28.2 Å². The van der Waals surface area contributed by atoms with Crippen LogP contribution in [0.3, 0.4) is 0 Å². The van der Waals surface area contributed by atoms with Gasteiger partial charge >= 0.3 is 0 Å². The Hall–Kier alpha value is -4.50. The molecule has 1 N–H and O–H groups in total. The van der Waals surface area contributed by atoms with E-state index in [9.17, 15) is 8.42 Å². The number of hydrogen-bond acceptors (Lipinski definition) is 6. The van der Waals surface area contributed by atoms with Gasteiger partial charge in [0.25, 0.3) is 10.0 Å². The van der Waals surface area contributed by atoms with E-state index in [1.165, 1.54) is 0 Å². The van der Waals surface area contributed by atoms with Gasteiger partial charge in [-0.2, -0.15) is 0 Å². The maximum Gasteiger partial charge on any atom is 0.261 e. The van der Waals surface area contributed by atoms with Gasteiger partial charge in [-0.1, -0.05) is 42.5 Å². The van der Waals surface area contributed by atoms with Crippen LogP contribution in [0.1, 0.15) is 0 Å². The lowest BCUT2D eigenvalue weighted by atomic mass is 10.1. The first-order chi connectivity index (χ1) is 16.6. The second-order valence-electron chi connectivity index (χ2n) is 7.32. The van der Waals surface area contributed by atoms with E-state index in [0.29, 0.717) is 23.1 Å². The van der Waals surface area contributed by atoms with Gasteiger partial charge in [-0.3, -0.25) is 9.29 Å². The van der Waals surface area contributed by atoms with Gasteiger partial charge in [-0.15, -0.1) is 10.2 Å². The average Bonchev–Trinajstić information content (AvgIpc) is 3.41. The van der Waals surface area contributed by atoms with Crippen molar-refractivity contribution in [2.75, 3.05) is 4.72 Å². The summed E-state index contributed by atoms with van der Waals surface area (Å²) in [5.41, 5.74) is 2.39. The zero-order valence-electron chi connectivity index (χ0n) is 17.8. The lowest BCUT2D eigenvalue weighted by Gasteiger charge is -2.10. The zero-order valence-corrected chi connectivity index (χ0v) is 18.6. The maximum absolute atomic E-state index is 12.8. The van der Waals surface area contributed by atoms with Crippen molar-refractivity contribution >= 4 is 15.7 Å². The lowest BCUT2D eigenvalue weighted by Crippen LogP contribution is -2.12. The molecule has 0 aliphatic rings. The number of hydrogen-bond donors (Lipinski definition) is 1. The van der Waals surface area contributed by atoms with Gasteiger partial charge in [0.1, 0.15) is 12.1 Å². The largest absolute Gasteiger partial charge is 0.438 e. The minimum absolute atomic E-state index is 0.181. The summed E-state index contributed by atoms with van der Waals surface area (Å²) in [7, 11) is -3.73. The molecule has 0 saturated carbocycles. The summed E-state index contributed by atoms with van der Waals surface area (Å²) >= 11 is 0. The quantitative estimate of drug-likeness (QED) is 0.363. The molecule has 0 aliphatic carbocycles. The molecule has 0 unspecified atom stereocenters. The van der Waals surface area contributed by atoms with E-state index < -0.39 is 10.0 Å². The summed E-state index contributed by atoms with van der Waals surface area (Å²) in [4.78, 5) is 4.15. The van der Waals surface area contributed by atoms with Crippen molar-refractivity contribution in [1.82, 2.24) is 19.7 Å². The van der Waals surface area contributed by atoms with E-state index in [2.05, 4.69) is 19.9 Å². The highest BCUT2D eigenvalue weighted by Crippen LogP contribution is 2.25. The molecule has 8 nitrogen and oxygen atoms in total. The molecule has 0 radical (unpaired) electrons. The fraction of sp³-hybridized carbons (Fsp3) is 0. The topological polar surface area (TPSA) is 99.0 Å². The Bertz CT molecular complexity index is 1470. The van der Waals surface area contributed by atoms with Crippen molar-refractivity contribution in [2.45, 2.75) is 4.90 Å². The molecule has 5 rings (SSSR count). The molecule has 0 amide bonds. The van der Waals surface area contributed by atoms with E-state index >= 15 is 0 Å². The Morgan fingerprint density at radius 3 is 2.15 bits per heavy atom. The van der Waals surface area contributed by atoms with Crippen LogP contribution in [0.5, 0.6) is 11.6 Å². The number of rotatable bonds is 7. The number of aromatic nitrogens is 4. The fourth-order valence-electron chi connectivity index (χ4n) is 3.28. The predicted molar refractivity (Wildman–Crippen MR) is 128 cm³/mol. The van der Waals surface area contributed by atoms with Gasteiger partial charge in [0.15, 0.2) is 5.82 Å². The zero-order chi connectivity index (χ0) is 23.4. The highest BCUT2D eigenvalue weighted by atomic mass is 32.2. The molecule has 0 bridgehead atoms. The number of nitrogens with zero attached hydrogens (tertiary/aromatic N) is 4. The molecule has 2 heterocycles. The molecule has 0 fully saturated rings. The minimum Gasteiger partial charge on any atom is -0.438 e. The maximum atomic E-state index is 12.8. The smallest absolute Gasteiger partial charge is 0.261 e. The standard InChI is InChI=1S/C25H19N5O3S/c31-34(32,23-12-6-20(7-13-23)19-4-2-1-3-5-19)29-21-8-10-22(11-9-21)33-25-15-14-24(27-28-25)30-17-16-26-18-30/h1-18,29H. The van der Waals surface area contributed by atoms with Crippen molar-refractivity contribution < 1.29 is 13.2 Å². The summed E-state index contributed by atoms with van der Waals surface area (Å²) in [6, 6.07) is 26.6. The van der Waals surface area contributed by atoms with E-state index in [1.807, 2.05) is 30.3 Å². The van der Waals surface area contributed by atoms with E-state index in [4.69, 9.17) is 4.74 Å². The Morgan fingerprint density at radius 1 is 0.765 bits per heavy atom. The van der Waals surface area contributed by atoms with Crippen molar-refractivity contribution in [3.05, 3.63) is 110 Å². The third kappa shape index (κ3) is 4.79. The lowest BCUT2D eigenvalue weighted by molar-refractivity contribution is 0.454. The number of sulfonamides is 1. The van der Waals surface area contributed by atoms with Crippen LogP contribution < -0.4 is 9.46 Å². The normalized spacial score (nSPS) is 11.2. The van der Waals surface area contributed by atoms with E-state index in [-0.39, 0.29) is 4.90 Å².